The van der Waals surface area contributed by atoms with Gasteiger partial charge in [-0.25, -0.2) is 0 Å². The Morgan fingerprint density at radius 2 is 1.70 bits per heavy atom. The van der Waals surface area contributed by atoms with Gasteiger partial charge < -0.3 is 14.4 Å². The van der Waals surface area contributed by atoms with Gasteiger partial charge >= 0.3 is 0 Å². The van der Waals surface area contributed by atoms with Crippen LogP contribution >= 0.6 is 0 Å². The zero-order valence-electron chi connectivity index (χ0n) is 18.2. The Labute approximate surface area is 179 Å². The van der Waals surface area contributed by atoms with Crippen LogP contribution in [0.2, 0.25) is 0 Å². The van der Waals surface area contributed by atoms with Crippen molar-refractivity contribution in [1.29, 1.82) is 0 Å². The second kappa shape index (κ2) is 9.06. The molecule has 2 aromatic rings. The highest BCUT2D eigenvalue weighted by molar-refractivity contribution is 5.78. The highest BCUT2D eigenvalue weighted by atomic mass is 16.7. The van der Waals surface area contributed by atoms with Crippen molar-refractivity contribution in [3.63, 3.8) is 0 Å². The van der Waals surface area contributed by atoms with E-state index < -0.39 is 0 Å². The molecule has 1 saturated heterocycles. The molecule has 2 aromatic carbocycles. The summed E-state index contributed by atoms with van der Waals surface area (Å²) in [5.41, 5.74) is 4.94. The van der Waals surface area contributed by atoms with Gasteiger partial charge in [-0.3, -0.25) is 14.6 Å². The number of ether oxygens (including phenoxy) is 2. The first-order chi connectivity index (χ1) is 14.5. The molecule has 1 fully saturated rings. The maximum atomic E-state index is 12.7. The second-order valence-electron chi connectivity index (χ2n) is 8.42. The average molecular weight is 410 g/mol. The highest BCUT2D eigenvalue weighted by Crippen LogP contribution is 2.32. The number of rotatable bonds is 6. The molecule has 0 aliphatic carbocycles. The topological polar surface area (TPSA) is 45.3 Å². The number of carbonyl (C=O) groups is 1. The fourth-order valence-corrected chi connectivity index (χ4v) is 4.08. The summed E-state index contributed by atoms with van der Waals surface area (Å²) in [5, 5.41) is 0. The summed E-state index contributed by atoms with van der Waals surface area (Å²) in [7, 11) is 1.90. The largest absolute Gasteiger partial charge is 0.454 e. The Hall–Kier alpha value is -2.57. The maximum Gasteiger partial charge on any atom is 0.236 e. The summed E-state index contributed by atoms with van der Waals surface area (Å²) in [6, 6.07) is 12.6. The first kappa shape index (κ1) is 20.7. The number of piperazine rings is 1. The Morgan fingerprint density at radius 1 is 0.967 bits per heavy atom. The molecular weight excluding hydrogens is 378 g/mol. The number of nitrogens with zero attached hydrogens (tertiary/aromatic N) is 3. The van der Waals surface area contributed by atoms with Crippen molar-refractivity contribution in [2.45, 2.75) is 26.9 Å². The van der Waals surface area contributed by atoms with E-state index in [0.29, 0.717) is 19.9 Å². The third kappa shape index (κ3) is 4.94. The number of amides is 1. The first-order valence-corrected chi connectivity index (χ1v) is 10.6. The number of benzene rings is 2. The van der Waals surface area contributed by atoms with E-state index in [4.69, 9.17) is 9.47 Å². The zero-order chi connectivity index (χ0) is 21.1. The van der Waals surface area contributed by atoms with Crippen molar-refractivity contribution in [2.24, 2.45) is 0 Å². The summed E-state index contributed by atoms with van der Waals surface area (Å²) in [6.45, 7) is 10.3. The third-order valence-electron chi connectivity index (χ3n) is 6.00. The van der Waals surface area contributed by atoms with Crippen LogP contribution in [0.4, 0.5) is 0 Å². The van der Waals surface area contributed by atoms with Gasteiger partial charge in [-0.05, 0) is 42.7 Å². The molecule has 0 bridgehead atoms. The normalized spacial score (nSPS) is 16.6. The number of hydrogen-bond donors (Lipinski definition) is 0. The Balaban J connectivity index is 1.23. The van der Waals surface area contributed by atoms with E-state index in [1.54, 1.807) is 0 Å². The number of hydrogen-bond acceptors (Lipinski definition) is 5. The lowest BCUT2D eigenvalue weighted by Gasteiger charge is -2.35. The summed E-state index contributed by atoms with van der Waals surface area (Å²) in [6.07, 6.45) is 0. The predicted molar refractivity (Wildman–Crippen MR) is 117 cm³/mol. The van der Waals surface area contributed by atoms with E-state index in [-0.39, 0.29) is 5.91 Å². The average Bonchev–Trinajstić information content (AvgIpc) is 3.19. The van der Waals surface area contributed by atoms with Gasteiger partial charge in [-0.2, -0.15) is 0 Å². The number of likely N-dealkylation sites (N-methyl/N-ethyl adjacent to an activating group) is 1. The summed E-state index contributed by atoms with van der Waals surface area (Å²) < 4.78 is 10.9. The molecule has 0 radical (unpaired) electrons. The van der Waals surface area contributed by atoms with Gasteiger partial charge in [0, 0.05) is 46.3 Å². The molecule has 0 atom stereocenters. The van der Waals surface area contributed by atoms with Crippen LogP contribution in [0, 0.1) is 13.8 Å². The number of carbonyl (C=O) groups excluding carboxylic acids is 1. The molecule has 30 heavy (non-hydrogen) atoms. The quantitative estimate of drug-likeness (QED) is 0.734. The summed E-state index contributed by atoms with van der Waals surface area (Å²) in [4.78, 5) is 19.3. The van der Waals surface area contributed by atoms with Crippen LogP contribution in [0.1, 0.15) is 22.3 Å². The molecule has 4 rings (SSSR count). The van der Waals surface area contributed by atoms with Crippen molar-refractivity contribution in [2.75, 3.05) is 46.6 Å². The van der Waals surface area contributed by atoms with Gasteiger partial charge in [-0.1, -0.05) is 29.8 Å². The minimum Gasteiger partial charge on any atom is -0.454 e. The first-order valence-electron chi connectivity index (χ1n) is 10.6. The molecule has 160 valence electrons. The van der Waals surface area contributed by atoms with Crippen LogP contribution in [0.5, 0.6) is 11.5 Å². The lowest BCUT2D eigenvalue weighted by Crippen LogP contribution is -2.49. The minimum atomic E-state index is 0.180. The van der Waals surface area contributed by atoms with E-state index in [1.807, 2.05) is 18.0 Å². The molecule has 6 heteroatoms. The van der Waals surface area contributed by atoms with Crippen molar-refractivity contribution in [3.05, 3.63) is 58.7 Å². The van der Waals surface area contributed by atoms with E-state index in [2.05, 4.69) is 54.0 Å². The van der Waals surface area contributed by atoms with Crippen molar-refractivity contribution < 1.29 is 14.3 Å². The van der Waals surface area contributed by atoms with E-state index in [0.717, 1.165) is 44.2 Å². The monoisotopic (exact) mass is 409 g/mol. The summed E-state index contributed by atoms with van der Waals surface area (Å²) >= 11 is 0. The van der Waals surface area contributed by atoms with Gasteiger partial charge in [0.2, 0.25) is 12.7 Å². The minimum absolute atomic E-state index is 0.180. The van der Waals surface area contributed by atoms with Crippen LogP contribution in [-0.2, 0) is 17.9 Å². The van der Waals surface area contributed by atoms with Crippen LogP contribution in [0.3, 0.4) is 0 Å². The SMILES string of the molecule is Cc1ccc(CN(C)C(=O)CN2CCN(Cc3ccc4c(c3)OCO4)CC2)c(C)c1. The van der Waals surface area contributed by atoms with Crippen LogP contribution in [0.15, 0.2) is 36.4 Å². The Kier molecular flexibility index (Phi) is 6.25. The Bertz CT molecular complexity index is 907. The van der Waals surface area contributed by atoms with Gasteiger partial charge in [0.05, 0.1) is 6.54 Å². The molecule has 2 aliphatic rings. The van der Waals surface area contributed by atoms with Gasteiger partial charge in [0.1, 0.15) is 0 Å². The molecule has 0 unspecified atom stereocenters. The maximum absolute atomic E-state index is 12.7. The smallest absolute Gasteiger partial charge is 0.236 e. The molecule has 0 spiro atoms. The summed E-state index contributed by atoms with van der Waals surface area (Å²) in [5.74, 6) is 1.84. The van der Waals surface area contributed by atoms with Crippen LogP contribution < -0.4 is 9.47 Å². The second-order valence-corrected chi connectivity index (χ2v) is 8.42. The van der Waals surface area contributed by atoms with E-state index in [9.17, 15) is 4.79 Å². The standard InChI is InChI=1S/C24H31N3O3/c1-18-4-6-21(19(2)12-18)15-25(3)24(28)16-27-10-8-26(9-11-27)14-20-5-7-22-23(13-20)30-17-29-22/h4-7,12-13H,8-11,14-17H2,1-3H3. The van der Waals surface area contributed by atoms with Crippen LogP contribution in [-0.4, -0.2) is 67.2 Å². The number of aryl methyl sites for hydroxylation is 2. The number of fused-ring (bicyclic) bond motifs is 1. The van der Waals surface area contributed by atoms with Gasteiger partial charge in [0.25, 0.3) is 0 Å². The van der Waals surface area contributed by atoms with Gasteiger partial charge in [-0.15, -0.1) is 0 Å². The molecule has 2 heterocycles. The molecule has 2 aliphatic heterocycles. The van der Waals surface area contributed by atoms with Crippen molar-refractivity contribution in [1.82, 2.24) is 14.7 Å². The zero-order valence-corrected chi connectivity index (χ0v) is 18.2. The highest BCUT2D eigenvalue weighted by Gasteiger charge is 2.22. The van der Waals surface area contributed by atoms with Crippen LogP contribution in [0.25, 0.3) is 0 Å². The molecule has 6 nitrogen and oxygen atoms in total. The molecule has 0 saturated carbocycles. The lowest BCUT2D eigenvalue weighted by atomic mass is 10.1. The fraction of sp³-hybridized carbons (Fsp3) is 0.458. The molecular formula is C24H31N3O3. The van der Waals surface area contributed by atoms with E-state index in [1.165, 1.54) is 22.3 Å². The van der Waals surface area contributed by atoms with E-state index >= 15 is 0 Å². The van der Waals surface area contributed by atoms with Crippen molar-refractivity contribution >= 4 is 5.91 Å². The molecule has 0 N–H and O–H groups in total. The predicted octanol–water partition coefficient (Wildman–Crippen LogP) is 2.81. The third-order valence-corrected chi connectivity index (χ3v) is 6.00. The molecule has 1 amide bonds. The fourth-order valence-electron chi connectivity index (χ4n) is 4.08. The van der Waals surface area contributed by atoms with Crippen molar-refractivity contribution in [3.8, 4) is 11.5 Å². The van der Waals surface area contributed by atoms with Gasteiger partial charge in [0.15, 0.2) is 11.5 Å². The Morgan fingerprint density at radius 3 is 2.47 bits per heavy atom. The lowest BCUT2D eigenvalue weighted by molar-refractivity contribution is -0.132. The molecule has 0 aromatic heterocycles.